The van der Waals surface area contributed by atoms with E-state index in [-0.39, 0.29) is 17.4 Å². The van der Waals surface area contributed by atoms with Crippen LogP contribution in [0.5, 0.6) is 0 Å². The van der Waals surface area contributed by atoms with Crippen LogP contribution in [0.4, 0.5) is 4.39 Å². The Morgan fingerprint density at radius 1 is 1.53 bits per heavy atom. The van der Waals surface area contributed by atoms with E-state index >= 15 is 0 Å². The third kappa shape index (κ3) is 3.99. The van der Waals surface area contributed by atoms with Crippen molar-refractivity contribution in [2.45, 2.75) is 20.8 Å². The van der Waals surface area contributed by atoms with Gasteiger partial charge in [0.2, 0.25) is 0 Å². The van der Waals surface area contributed by atoms with Gasteiger partial charge in [-0.25, -0.2) is 4.39 Å². The molecule has 0 aliphatic heterocycles. The third-order valence-electron chi connectivity index (χ3n) is 3.00. The van der Waals surface area contributed by atoms with Gasteiger partial charge in [0.1, 0.15) is 5.82 Å². The van der Waals surface area contributed by atoms with Crippen LogP contribution in [0, 0.1) is 18.7 Å². The number of carbonyl (C=O) groups excluding carboxylic acids is 1. The van der Waals surface area contributed by atoms with Crippen LogP contribution in [-0.2, 0) is 0 Å². The van der Waals surface area contributed by atoms with Gasteiger partial charge in [0.15, 0.2) is 0 Å². The molecule has 1 unspecified atom stereocenters. The van der Waals surface area contributed by atoms with E-state index in [1.54, 1.807) is 17.0 Å². The summed E-state index contributed by atoms with van der Waals surface area (Å²) in [6.45, 7) is 6.41. The molecule has 0 aliphatic carbocycles. The van der Waals surface area contributed by atoms with Gasteiger partial charge >= 0.3 is 0 Å². The predicted molar refractivity (Wildman–Crippen MR) is 78.7 cm³/mol. The minimum absolute atomic E-state index is 0.0910. The highest BCUT2D eigenvalue weighted by molar-refractivity contribution is 7.80. The van der Waals surface area contributed by atoms with Crippen LogP contribution in [-0.4, -0.2) is 28.9 Å². The lowest BCUT2D eigenvalue weighted by atomic mass is 10.1. The minimum atomic E-state index is -0.503. The molecule has 0 heterocycles. The summed E-state index contributed by atoms with van der Waals surface area (Å²) in [6.07, 6.45) is 0. The maximum Gasteiger partial charge on any atom is 0.256 e. The normalized spacial score (nSPS) is 12.0. The minimum Gasteiger partial charge on any atom is -0.393 e. The Hall–Kier alpha value is -1.49. The summed E-state index contributed by atoms with van der Waals surface area (Å²) >= 11 is 4.90. The number of benzene rings is 1. The number of carbonyl (C=O) groups is 1. The van der Waals surface area contributed by atoms with Gasteiger partial charge in [-0.05, 0) is 26.0 Å². The monoisotopic (exact) mass is 282 g/mol. The second-order valence-corrected chi connectivity index (χ2v) is 5.10. The molecule has 0 radical (unpaired) electrons. The van der Waals surface area contributed by atoms with E-state index in [0.29, 0.717) is 18.1 Å². The lowest BCUT2D eigenvalue weighted by Gasteiger charge is -2.24. The summed E-state index contributed by atoms with van der Waals surface area (Å²) < 4.78 is 13.7. The smallest absolute Gasteiger partial charge is 0.256 e. The molecule has 0 bridgehead atoms. The van der Waals surface area contributed by atoms with E-state index in [2.05, 4.69) is 0 Å². The zero-order valence-corrected chi connectivity index (χ0v) is 12.3. The van der Waals surface area contributed by atoms with Gasteiger partial charge < -0.3 is 10.6 Å². The van der Waals surface area contributed by atoms with E-state index in [0.717, 1.165) is 5.56 Å². The van der Waals surface area contributed by atoms with E-state index in [1.165, 1.54) is 6.07 Å². The molecule has 0 spiro atoms. The molecule has 1 aromatic rings. The Bertz CT molecular complexity index is 490. The largest absolute Gasteiger partial charge is 0.393 e. The Labute approximate surface area is 118 Å². The number of hydrogen-bond donors (Lipinski definition) is 1. The molecule has 1 rings (SSSR count). The van der Waals surface area contributed by atoms with Crippen molar-refractivity contribution in [2.75, 3.05) is 13.1 Å². The molecule has 1 aromatic carbocycles. The van der Waals surface area contributed by atoms with Crippen molar-refractivity contribution in [3.8, 4) is 0 Å². The number of aryl methyl sites for hydroxylation is 1. The standard InChI is InChI=1S/C14H19FN2OS/c1-4-17(8-10(3)13(16)19)14(18)11-7-9(2)5-6-12(11)15/h5-7,10H,4,8H2,1-3H3,(H2,16,19). The molecule has 0 saturated carbocycles. The highest BCUT2D eigenvalue weighted by atomic mass is 32.1. The second-order valence-electron chi connectivity index (χ2n) is 4.63. The van der Waals surface area contributed by atoms with Crippen LogP contribution < -0.4 is 5.73 Å². The van der Waals surface area contributed by atoms with Crippen molar-refractivity contribution in [3.05, 3.63) is 35.1 Å². The number of nitrogens with zero attached hydrogens (tertiary/aromatic N) is 1. The Balaban J connectivity index is 2.95. The number of thiocarbonyl (C=S) groups is 1. The first-order chi connectivity index (χ1) is 8.86. The van der Waals surface area contributed by atoms with Crippen molar-refractivity contribution in [3.63, 3.8) is 0 Å². The molecule has 104 valence electrons. The van der Waals surface area contributed by atoms with Crippen molar-refractivity contribution in [2.24, 2.45) is 11.7 Å². The van der Waals surface area contributed by atoms with Crippen LogP contribution in [0.3, 0.4) is 0 Å². The van der Waals surface area contributed by atoms with Crippen LogP contribution in [0.2, 0.25) is 0 Å². The van der Waals surface area contributed by atoms with Crippen LogP contribution in [0.1, 0.15) is 29.8 Å². The fraction of sp³-hybridized carbons (Fsp3) is 0.429. The molecule has 3 nitrogen and oxygen atoms in total. The van der Waals surface area contributed by atoms with E-state index in [9.17, 15) is 9.18 Å². The SMILES string of the molecule is CCN(CC(C)C(N)=S)C(=O)c1cc(C)ccc1F. The molecule has 5 heteroatoms. The van der Waals surface area contributed by atoms with Crippen molar-refractivity contribution in [1.29, 1.82) is 0 Å². The average molecular weight is 282 g/mol. The summed E-state index contributed by atoms with van der Waals surface area (Å²) in [5.74, 6) is -0.921. The molecule has 0 fully saturated rings. The van der Waals surface area contributed by atoms with Crippen LogP contribution in [0.15, 0.2) is 18.2 Å². The quantitative estimate of drug-likeness (QED) is 0.844. The van der Waals surface area contributed by atoms with Crippen molar-refractivity contribution < 1.29 is 9.18 Å². The molecule has 0 aliphatic rings. The number of rotatable bonds is 5. The second kappa shape index (κ2) is 6.61. The van der Waals surface area contributed by atoms with Gasteiger partial charge in [-0.3, -0.25) is 4.79 Å². The summed E-state index contributed by atoms with van der Waals surface area (Å²) in [5, 5.41) is 0. The highest BCUT2D eigenvalue weighted by Gasteiger charge is 2.20. The van der Waals surface area contributed by atoms with Gasteiger partial charge in [0, 0.05) is 19.0 Å². The maximum atomic E-state index is 13.7. The molecule has 2 N–H and O–H groups in total. The third-order valence-corrected chi connectivity index (χ3v) is 3.40. The zero-order valence-electron chi connectivity index (χ0n) is 11.4. The molecule has 19 heavy (non-hydrogen) atoms. The lowest BCUT2D eigenvalue weighted by Crippen LogP contribution is -2.38. The van der Waals surface area contributed by atoms with Crippen LogP contribution in [0.25, 0.3) is 0 Å². The molecular weight excluding hydrogens is 263 g/mol. The number of hydrogen-bond acceptors (Lipinski definition) is 2. The van der Waals surface area contributed by atoms with Gasteiger partial charge in [-0.15, -0.1) is 0 Å². The average Bonchev–Trinajstić information content (AvgIpc) is 2.37. The van der Waals surface area contributed by atoms with Crippen molar-refractivity contribution >= 4 is 23.1 Å². The summed E-state index contributed by atoms with van der Waals surface area (Å²) in [7, 11) is 0. The summed E-state index contributed by atoms with van der Waals surface area (Å²) in [4.78, 5) is 14.2. The topological polar surface area (TPSA) is 46.3 Å². The van der Waals surface area contributed by atoms with Crippen molar-refractivity contribution in [1.82, 2.24) is 4.90 Å². The summed E-state index contributed by atoms with van der Waals surface area (Å²) in [5.41, 5.74) is 6.50. The summed E-state index contributed by atoms with van der Waals surface area (Å²) in [6, 6.07) is 4.51. The van der Waals surface area contributed by atoms with E-state index in [1.807, 2.05) is 20.8 Å². The first-order valence-electron chi connectivity index (χ1n) is 6.21. The Morgan fingerprint density at radius 3 is 2.68 bits per heavy atom. The first kappa shape index (κ1) is 15.6. The highest BCUT2D eigenvalue weighted by Crippen LogP contribution is 2.14. The maximum absolute atomic E-state index is 13.7. The number of amides is 1. The molecular formula is C14H19FN2OS. The number of halogens is 1. The Kier molecular flexibility index (Phi) is 5.42. The molecule has 1 amide bonds. The van der Waals surface area contributed by atoms with Gasteiger partial charge in [0.05, 0.1) is 10.6 Å². The predicted octanol–water partition coefficient (Wildman–Crippen LogP) is 2.52. The van der Waals surface area contributed by atoms with E-state index in [4.69, 9.17) is 18.0 Å². The van der Waals surface area contributed by atoms with Crippen LogP contribution >= 0.6 is 12.2 Å². The fourth-order valence-electron chi connectivity index (χ4n) is 1.75. The molecule has 1 atom stereocenters. The molecule has 0 aromatic heterocycles. The van der Waals surface area contributed by atoms with E-state index < -0.39 is 5.82 Å². The first-order valence-corrected chi connectivity index (χ1v) is 6.62. The molecule has 0 saturated heterocycles. The fourth-order valence-corrected chi connectivity index (χ4v) is 1.82. The lowest BCUT2D eigenvalue weighted by molar-refractivity contribution is 0.0750. The van der Waals surface area contributed by atoms with Gasteiger partial charge in [-0.2, -0.15) is 0 Å². The Morgan fingerprint density at radius 2 is 2.16 bits per heavy atom. The number of nitrogens with two attached hydrogens (primary N) is 1. The van der Waals surface area contributed by atoms with Gasteiger partial charge in [-0.1, -0.05) is 30.8 Å². The van der Waals surface area contributed by atoms with Gasteiger partial charge in [0.25, 0.3) is 5.91 Å². The zero-order chi connectivity index (χ0) is 14.6.